The van der Waals surface area contributed by atoms with E-state index in [4.69, 9.17) is 31.8 Å². The lowest BCUT2D eigenvalue weighted by Crippen LogP contribution is -2.52. The zero-order valence-corrected chi connectivity index (χ0v) is 25.0. The number of primary amides is 1. The molecule has 2 aliphatic heterocycles. The van der Waals surface area contributed by atoms with Crippen LogP contribution in [0.4, 0.5) is 5.69 Å². The van der Waals surface area contributed by atoms with E-state index in [1.54, 1.807) is 36.9 Å². The number of fused-ring (bicyclic) bond motifs is 2. The molecule has 2 aliphatic carbocycles. The molecule has 0 radical (unpaired) electrons. The molecule has 1 atom stereocenters. The maximum atomic E-state index is 13.6. The third kappa shape index (κ3) is 4.91. The van der Waals surface area contributed by atoms with Crippen molar-refractivity contribution in [2.24, 2.45) is 17.6 Å². The van der Waals surface area contributed by atoms with Crippen LogP contribution in [0.5, 0.6) is 5.75 Å². The van der Waals surface area contributed by atoms with Crippen LogP contribution in [-0.4, -0.2) is 38.3 Å². The molecule has 0 spiro atoms. The molecule has 2 aromatic heterocycles. The SMILES string of the molecule is CC1(C)Oc2cc(-c3c(C(N)=O)c(CC4CC4)nc4c3C(=O)OC4(C)CC3CC3)ccc2N(Cc2ncc(Cl)cn2)C1=O. The Morgan fingerprint density at radius 1 is 1.05 bits per heavy atom. The van der Waals surface area contributed by atoms with E-state index in [1.165, 1.54) is 12.4 Å². The number of carbonyl (C=O) groups is 3. The first-order valence-electron chi connectivity index (χ1n) is 14.7. The maximum Gasteiger partial charge on any atom is 0.341 e. The second-order valence-electron chi connectivity index (χ2n) is 12.8. The molecule has 10 nitrogen and oxygen atoms in total. The summed E-state index contributed by atoms with van der Waals surface area (Å²) >= 11 is 5.96. The van der Waals surface area contributed by atoms with Crippen molar-refractivity contribution in [2.45, 2.75) is 77.0 Å². The van der Waals surface area contributed by atoms with Crippen molar-refractivity contribution in [3.05, 3.63) is 64.0 Å². The van der Waals surface area contributed by atoms with E-state index in [2.05, 4.69) is 9.97 Å². The smallest absolute Gasteiger partial charge is 0.341 e. The summed E-state index contributed by atoms with van der Waals surface area (Å²) in [6.07, 6.45) is 8.56. The number of anilines is 1. The molecule has 4 heterocycles. The number of hydrogen-bond donors (Lipinski definition) is 1. The molecule has 11 heteroatoms. The summed E-state index contributed by atoms with van der Waals surface area (Å²) in [4.78, 5) is 55.2. The largest absolute Gasteiger partial charge is 0.476 e. The normalized spacial score (nSPS) is 22.1. The lowest BCUT2D eigenvalue weighted by Gasteiger charge is -2.38. The molecule has 2 fully saturated rings. The fourth-order valence-electron chi connectivity index (χ4n) is 6.27. The predicted octanol–water partition coefficient (Wildman–Crippen LogP) is 5.13. The van der Waals surface area contributed by atoms with Crippen molar-refractivity contribution < 1.29 is 23.9 Å². The first kappa shape index (κ1) is 27.8. The van der Waals surface area contributed by atoms with E-state index < -0.39 is 23.1 Å². The molecular weight excluding hydrogens is 570 g/mol. The number of aromatic nitrogens is 3. The molecule has 0 saturated heterocycles. The van der Waals surface area contributed by atoms with E-state index in [9.17, 15) is 14.4 Å². The topological polar surface area (TPSA) is 138 Å². The number of benzene rings is 1. The van der Waals surface area contributed by atoms with E-state index >= 15 is 0 Å². The third-order valence-corrected chi connectivity index (χ3v) is 8.93. The van der Waals surface area contributed by atoms with Gasteiger partial charge in [0.2, 0.25) is 0 Å². The fraction of sp³-hybridized carbons (Fsp3) is 0.438. The van der Waals surface area contributed by atoms with Crippen LogP contribution in [0.2, 0.25) is 5.02 Å². The van der Waals surface area contributed by atoms with Gasteiger partial charge in [-0.2, -0.15) is 0 Å². The molecule has 2 N–H and O–H groups in total. The molecule has 1 aromatic carbocycles. The van der Waals surface area contributed by atoms with Gasteiger partial charge in [0.1, 0.15) is 11.6 Å². The average Bonchev–Trinajstić information content (AvgIpc) is 3.88. The van der Waals surface area contributed by atoms with Gasteiger partial charge in [-0.05, 0) is 76.0 Å². The maximum absolute atomic E-state index is 13.6. The average molecular weight is 602 g/mol. The Hall–Kier alpha value is -4.05. The quantitative estimate of drug-likeness (QED) is 0.351. The van der Waals surface area contributed by atoms with Gasteiger partial charge < -0.3 is 15.2 Å². The Balaban J connectivity index is 1.39. The predicted molar refractivity (Wildman–Crippen MR) is 158 cm³/mol. The zero-order chi connectivity index (χ0) is 30.3. The van der Waals surface area contributed by atoms with Gasteiger partial charge in [0.25, 0.3) is 11.8 Å². The Kier molecular flexibility index (Phi) is 6.29. The fourth-order valence-corrected chi connectivity index (χ4v) is 6.37. The lowest BCUT2D eigenvalue weighted by atomic mass is 9.86. The van der Waals surface area contributed by atoms with Crippen molar-refractivity contribution in [3.63, 3.8) is 0 Å². The Labute approximate surface area is 253 Å². The second-order valence-corrected chi connectivity index (χ2v) is 13.3. The highest BCUT2D eigenvalue weighted by Crippen LogP contribution is 2.51. The summed E-state index contributed by atoms with van der Waals surface area (Å²) in [5.41, 5.74) is 7.08. The summed E-state index contributed by atoms with van der Waals surface area (Å²) in [6, 6.07) is 5.28. The van der Waals surface area contributed by atoms with E-state index in [-0.39, 0.29) is 23.6 Å². The summed E-state index contributed by atoms with van der Waals surface area (Å²) < 4.78 is 12.3. The number of rotatable bonds is 8. The Bertz CT molecular complexity index is 1700. The zero-order valence-electron chi connectivity index (χ0n) is 24.3. The van der Waals surface area contributed by atoms with Gasteiger partial charge >= 0.3 is 5.97 Å². The minimum Gasteiger partial charge on any atom is -0.476 e. The molecule has 2 saturated carbocycles. The molecule has 0 bridgehead atoms. The van der Waals surface area contributed by atoms with Gasteiger partial charge in [-0.15, -0.1) is 0 Å². The standard InChI is InChI=1S/C32H32ClN5O5/c1-31(2)30(41)38(15-23-35-13-19(33)14-36-23)21-9-8-18(11-22(21)42-31)24-25(28(34)39)20(10-16-4-5-16)37-27-26(24)29(40)43-32(27,3)12-17-6-7-17/h8-9,11,13-14,16-17H,4-7,10,12,15H2,1-3H3,(H2,34,39). The molecular formula is C32H32ClN5O5. The first-order valence-corrected chi connectivity index (χ1v) is 15.0. The van der Waals surface area contributed by atoms with E-state index in [0.29, 0.717) is 69.5 Å². The molecule has 2 amide bonds. The molecule has 3 aromatic rings. The van der Waals surface area contributed by atoms with Crippen molar-refractivity contribution >= 4 is 35.1 Å². The van der Waals surface area contributed by atoms with Crippen LogP contribution < -0.4 is 15.4 Å². The third-order valence-electron chi connectivity index (χ3n) is 8.73. The van der Waals surface area contributed by atoms with Crippen molar-refractivity contribution in [1.82, 2.24) is 15.0 Å². The van der Waals surface area contributed by atoms with Gasteiger partial charge in [-0.1, -0.05) is 30.5 Å². The monoisotopic (exact) mass is 601 g/mol. The van der Waals surface area contributed by atoms with Crippen molar-refractivity contribution in [2.75, 3.05) is 4.90 Å². The van der Waals surface area contributed by atoms with E-state index in [1.807, 2.05) is 6.92 Å². The number of nitrogens with zero attached hydrogens (tertiary/aromatic N) is 4. The number of esters is 1. The first-order chi connectivity index (χ1) is 20.4. The number of nitrogens with two attached hydrogens (primary N) is 1. The van der Waals surface area contributed by atoms with Crippen molar-refractivity contribution in [3.8, 4) is 16.9 Å². The summed E-state index contributed by atoms with van der Waals surface area (Å²) in [7, 11) is 0. The molecule has 43 heavy (non-hydrogen) atoms. The Morgan fingerprint density at radius 2 is 1.74 bits per heavy atom. The molecule has 4 aliphatic rings. The number of halogens is 1. The lowest BCUT2D eigenvalue weighted by molar-refractivity contribution is -0.132. The molecule has 1 unspecified atom stereocenters. The number of cyclic esters (lactones) is 1. The van der Waals surface area contributed by atoms with Gasteiger partial charge in [-0.3, -0.25) is 19.5 Å². The van der Waals surface area contributed by atoms with Crippen LogP contribution in [0.1, 0.15) is 90.8 Å². The Morgan fingerprint density at radius 3 is 2.40 bits per heavy atom. The number of amides is 2. The van der Waals surface area contributed by atoms with Gasteiger partial charge in [0.05, 0.1) is 39.8 Å². The van der Waals surface area contributed by atoms with Crippen LogP contribution in [0.15, 0.2) is 30.6 Å². The van der Waals surface area contributed by atoms with Gasteiger partial charge in [0, 0.05) is 18.0 Å². The molecule has 222 valence electrons. The van der Waals surface area contributed by atoms with E-state index in [0.717, 1.165) is 25.7 Å². The minimum absolute atomic E-state index is 0.101. The van der Waals surface area contributed by atoms with Crippen LogP contribution in [0, 0.1) is 11.8 Å². The number of carbonyl (C=O) groups excluding carboxylic acids is 3. The number of ether oxygens (including phenoxy) is 2. The van der Waals surface area contributed by atoms with Gasteiger partial charge in [-0.25, -0.2) is 14.8 Å². The number of hydrogen-bond acceptors (Lipinski definition) is 8. The number of pyridine rings is 1. The molecule has 7 rings (SSSR count). The van der Waals surface area contributed by atoms with Gasteiger partial charge in [0.15, 0.2) is 11.2 Å². The van der Waals surface area contributed by atoms with Crippen LogP contribution in [0.25, 0.3) is 11.1 Å². The second kappa shape index (κ2) is 9.74. The minimum atomic E-state index is -1.20. The highest BCUT2D eigenvalue weighted by Gasteiger charge is 2.49. The van der Waals surface area contributed by atoms with Crippen LogP contribution in [0.3, 0.4) is 0 Å². The summed E-state index contributed by atoms with van der Waals surface area (Å²) in [5.74, 6) is 0.288. The highest BCUT2D eigenvalue weighted by molar-refractivity contribution is 6.30. The highest BCUT2D eigenvalue weighted by atomic mass is 35.5. The van der Waals surface area contributed by atoms with Crippen LogP contribution in [-0.2, 0) is 28.1 Å². The summed E-state index contributed by atoms with van der Waals surface area (Å²) in [6.45, 7) is 5.39. The van der Waals surface area contributed by atoms with Crippen LogP contribution >= 0.6 is 11.6 Å². The summed E-state index contributed by atoms with van der Waals surface area (Å²) in [5, 5.41) is 0.394. The van der Waals surface area contributed by atoms with Crippen molar-refractivity contribution in [1.29, 1.82) is 0 Å².